The first-order valence-corrected chi connectivity index (χ1v) is 8.00. The molecule has 0 bridgehead atoms. The van der Waals surface area contributed by atoms with E-state index in [1.54, 1.807) is 0 Å². The van der Waals surface area contributed by atoms with Gasteiger partial charge in [-0.2, -0.15) is 0 Å². The second-order valence-corrected chi connectivity index (χ2v) is 7.31. The van der Waals surface area contributed by atoms with Gasteiger partial charge in [0.1, 0.15) is 17.8 Å². The Morgan fingerprint density at radius 1 is 1.14 bits per heavy atom. The quantitative estimate of drug-likeness (QED) is 0.749. The van der Waals surface area contributed by atoms with Crippen molar-refractivity contribution >= 4 is 32.8 Å². The van der Waals surface area contributed by atoms with Crippen molar-refractivity contribution in [1.82, 2.24) is 14.5 Å². The van der Waals surface area contributed by atoms with E-state index in [-0.39, 0.29) is 5.41 Å². The maximum atomic E-state index is 5.91. The third kappa shape index (κ3) is 2.73. The SMILES string of the molecule is CC(C)(C)c1ccc(Cn2c(Br)cc3c(N)ncnc32)cc1. The van der Waals surface area contributed by atoms with Crippen LogP contribution in [0.4, 0.5) is 5.82 Å². The van der Waals surface area contributed by atoms with Crippen molar-refractivity contribution in [3.63, 3.8) is 0 Å². The van der Waals surface area contributed by atoms with Gasteiger partial charge in [-0.15, -0.1) is 0 Å². The Morgan fingerprint density at radius 3 is 2.45 bits per heavy atom. The summed E-state index contributed by atoms with van der Waals surface area (Å²) in [4.78, 5) is 8.40. The Bertz CT molecular complexity index is 813. The maximum Gasteiger partial charge on any atom is 0.146 e. The lowest BCUT2D eigenvalue weighted by molar-refractivity contribution is 0.590. The lowest BCUT2D eigenvalue weighted by Gasteiger charge is -2.19. The normalized spacial score (nSPS) is 12.0. The highest BCUT2D eigenvalue weighted by molar-refractivity contribution is 9.10. The molecule has 114 valence electrons. The molecule has 0 radical (unpaired) electrons. The first kappa shape index (κ1) is 15.0. The molecule has 2 aromatic heterocycles. The van der Waals surface area contributed by atoms with Crippen LogP contribution in [0.3, 0.4) is 0 Å². The number of hydrogen-bond acceptors (Lipinski definition) is 3. The minimum Gasteiger partial charge on any atom is -0.383 e. The van der Waals surface area contributed by atoms with Gasteiger partial charge < -0.3 is 10.3 Å². The molecule has 0 aliphatic heterocycles. The molecule has 5 heteroatoms. The van der Waals surface area contributed by atoms with E-state index in [1.807, 2.05) is 6.07 Å². The molecule has 0 spiro atoms. The summed E-state index contributed by atoms with van der Waals surface area (Å²) in [6.07, 6.45) is 1.50. The number of nitrogen functional groups attached to an aromatic ring is 1. The minimum absolute atomic E-state index is 0.168. The standard InChI is InChI=1S/C17H19BrN4/c1-17(2,3)12-6-4-11(5-7-12)9-22-14(18)8-13-15(19)20-10-21-16(13)22/h4-8,10H,9H2,1-3H3,(H2,19,20,21). The lowest BCUT2D eigenvalue weighted by Crippen LogP contribution is -2.11. The summed E-state index contributed by atoms with van der Waals surface area (Å²) < 4.78 is 3.05. The van der Waals surface area contributed by atoms with Gasteiger partial charge in [0, 0.05) is 0 Å². The summed E-state index contributed by atoms with van der Waals surface area (Å²) in [7, 11) is 0. The third-order valence-electron chi connectivity index (χ3n) is 3.83. The molecule has 3 rings (SSSR count). The molecule has 0 saturated carbocycles. The fourth-order valence-corrected chi connectivity index (χ4v) is 3.02. The molecule has 0 fully saturated rings. The second-order valence-electron chi connectivity index (χ2n) is 6.50. The van der Waals surface area contributed by atoms with Gasteiger partial charge in [-0.3, -0.25) is 0 Å². The van der Waals surface area contributed by atoms with E-state index in [0.717, 1.165) is 22.2 Å². The van der Waals surface area contributed by atoms with Crippen LogP contribution in [0.15, 0.2) is 41.3 Å². The summed E-state index contributed by atoms with van der Waals surface area (Å²) in [6.45, 7) is 7.40. The molecule has 0 saturated heterocycles. The molecule has 4 nitrogen and oxygen atoms in total. The Hall–Kier alpha value is -1.88. The van der Waals surface area contributed by atoms with Crippen molar-refractivity contribution in [2.24, 2.45) is 0 Å². The van der Waals surface area contributed by atoms with Crippen molar-refractivity contribution in [1.29, 1.82) is 0 Å². The highest BCUT2D eigenvalue weighted by Gasteiger charge is 2.14. The van der Waals surface area contributed by atoms with Gasteiger partial charge >= 0.3 is 0 Å². The van der Waals surface area contributed by atoms with E-state index < -0.39 is 0 Å². The third-order valence-corrected chi connectivity index (χ3v) is 4.49. The van der Waals surface area contributed by atoms with Gasteiger partial charge in [-0.05, 0) is 38.5 Å². The molecule has 22 heavy (non-hydrogen) atoms. The molecule has 0 amide bonds. The second kappa shape index (κ2) is 5.39. The number of nitrogens with zero attached hydrogens (tertiary/aromatic N) is 3. The lowest BCUT2D eigenvalue weighted by atomic mass is 9.87. The smallest absolute Gasteiger partial charge is 0.146 e. The van der Waals surface area contributed by atoms with Gasteiger partial charge in [0.05, 0.1) is 16.5 Å². The summed E-state index contributed by atoms with van der Waals surface area (Å²) in [5.41, 5.74) is 9.49. The minimum atomic E-state index is 0.168. The number of benzene rings is 1. The van der Waals surface area contributed by atoms with Crippen LogP contribution in [0.5, 0.6) is 0 Å². The topological polar surface area (TPSA) is 56.7 Å². The van der Waals surface area contributed by atoms with Crippen molar-refractivity contribution in [3.05, 3.63) is 52.4 Å². The highest BCUT2D eigenvalue weighted by atomic mass is 79.9. The molecule has 2 heterocycles. The molecule has 0 aliphatic rings. The fraction of sp³-hybridized carbons (Fsp3) is 0.294. The van der Waals surface area contributed by atoms with E-state index in [0.29, 0.717) is 5.82 Å². The first-order valence-electron chi connectivity index (χ1n) is 7.21. The van der Waals surface area contributed by atoms with Crippen molar-refractivity contribution in [3.8, 4) is 0 Å². The maximum absolute atomic E-state index is 5.91. The number of hydrogen-bond donors (Lipinski definition) is 1. The van der Waals surface area contributed by atoms with Crippen LogP contribution in [-0.2, 0) is 12.0 Å². The van der Waals surface area contributed by atoms with E-state index in [4.69, 9.17) is 5.73 Å². The van der Waals surface area contributed by atoms with Gasteiger partial charge in [-0.25, -0.2) is 9.97 Å². The van der Waals surface area contributed by atoms with Gasteiger partial charge in [0.2, 0.25) is 0 Å². The number of halogens is 1. The predicted molar refractivity (Wildman–Crippen MR) is 93.9 cm³/mol. The van der Waals surface area contributed by atoms with Crippen LogP contribution in [0.2, 0.25) is 0 Å². The Balaban J connectivity index is 1.97. The Kier molecular flexibility index (Phi) is 3.68. The average Bonchev–Trinajstić information content (AvgIpc) is 2.77. The molecular formula is C17H19BrN4. The largest absolute Gasteiger partial charge is 0.383 e. The Labute approximate surface area is 138 Å². The van der Waals surface area contributed by atoms with Gasteiger partial charge in [0.25, 0.3) is 0 Å². The van der Waals surface area contributed by atoms with Crippen molar-refractivity contribution in [2.75, 3.05) is 5.73 Å². The van der Waals surface area contributed by atoms with Gasteiger partial charge in [0.15, 0.2) is 0 Å². The van der Waals surface area contributed by atoms with Crippen LogP contribution < -0.4 is 5.73 Å². The van der Waals surface area contributed by atoms with E-state index >= 15 is 0 Å². The van der Waals surface area contributed by atoms with E-state index in [9.17, 15) is 0 Å². The molecular weight excluding hydrogens is 340 g/mol. The molecule has 0 aliphatic carbocycles. The van der Waals surface area contributed by atoms with Crippen LogP contribution in [-0.4, -0.2) is 14.5 Å². The van der Waals surface area contributed by atoms with E-state index in [1.165, 1.54) is 17.5 Å². The number of nitrogens with two attached hydrogens (primary N) is 1. The molecule has 3 aromatic rings. The van der Waals surface area contributed by atoms with Crippen LogP contribution in [0.25, 0.3) is 11.0 Å². The fourth-order valence-electron chi connectivity index (χ4n) is 2.49. The summed E-state index contributed by atoms with van der Waals surface area (Å²) in [5, 5.41) is 0.876. The number of fused-ring (bicyclic) bond motifs is 1. The zero-order valence-electron chi connectivity index (χ0n) is 13.0. The van der Waals surface area contributed by atoms with Crippen LogP contribution in [0.1, 0.15) is 31.9 Å². The summed E-state index contributed by atoms with van der Waals surface area (Å²) in [6, 6.07) is 10.7. The summed E-state index contributed by atoms with van der Waals surface area (Å²) >= 11 is 3.59. The van der Waals surface area contributed by atoms with Gasteiger partial charge in [-0.1, -0.05) is 45.0 Å². The van der Waals surface area contributed by atoms with Crippen molar-refractivity contribution in [2.45, 2.75) is 32.7 Å². The van der Waals surface area contributed by atoms with Crippen LogP contribution >= 0.6 is 15.9 Å². The van der Waals surface area contributed by atoms with E-state index in [2.05, 4.69) is 75.5 Å². The number of anilines is 1. The monoisotopic (exact) mass is 358 g/mol. The molecule has 0 unspecified atom stereocenters. The molecule has 2 N–H and O–H groups in total. The Morgan fingerprint density at radius 2 is 1.82 bits per heavy atom. The van der Waals surface area contributed by atoms with Crippen molar-refractivity contribution < 1.29 is 0 Å². The molecule has 1 aromatic carbocycles. The van der Waals surface area contributed by atoms with Crippen LogP contribution in [0, 0.1) is 0 Å². The zero-order chi connectivity index (χ0) is 15.9. The average molecular weight is 359 g/mol. The number of aromatic nitrogens is 3. The highest BCUT2D eigenvalue weighted by Crippen LogP contribution is 2.27. The molecule has 0 atom stereocenters. The number of rotatable bonds is 2. The first-order chi connectivity index (χ1) is 10.4. The predicted octanol–water partition coefficient (Wildman–Crippen LogP) is 4.12. The summed E-state index contributed by atoms with van der Waals surface area (Å²) in [5.74, 6) is 0.507. The zero-order valence-corrected chi connectivity index (χ0v) is 14.6.